The lowest BCUT2D eigenvalue weighted by Gasteiger charge is -2.38. The van der Waals surface area contributed by atoms with E-state index in [-0.39, 0.29) is 0 Å². The molecule has 1 atom stereocenters. The van der Waals surface area contributed by atoms with E-state index in [0.29, 0.717) is 11.7 Å². The van der Waals surface area contributed by atoms with E-state index in [1.807, 2.05) is 0 Å². The average molecular weight is 354 g/mol. The molecule has 1 unspecified atom stereocenters. The van der Waals surface area contributed by atoms with Crippen molar-refractivity contribution in [2.45, 2.75) is 19.9 Å². The number of hydrogen-bond donors (Lipinski definition) is 1. The number of piperazine rings is 1. The van der Waals surface area contributed by atoms with Gasteiger partial charge in [-0.1, -0.05) is 6.07 Å². The van der Waals surface area contributed by atoms with Gasteiger partial charge in [0.1, 0.15) is 0 Å². The van der Waals surface area contributed by atoms with Crippen molar-refractivity contribution in [3.63, 3.8) is 0 Å². The SMILES string of the molecule is Cc1nc2cc(C(C)N3CCN(c4ncc(N)cn4)CC3)ccc2s1. The van der Waals surface area contributed by atoms with Crippen molar-refractivity contribution in [2.75, 3.05) is 36.8 Å². The van der Waals surface area contributed by atoms with Gasteiger partial charge in [-0.2, -0.15) is 0 Å². The number of aryl methyl sites for hydroxylation is 1. The lowest BCUT2D eigenvalue weighted by atomic mass is 10.1. The first-order chi connectivity index (χ1) is 12.1. The molecule has 1 saturated heterocycles. The molecule has 1 fully saturated rings. The molecule has 25 heavy (non-hydrogen) atoms. The lowest BCUT2D eigenvalue weighted by Crippen LogP contribution is -2.47. The second-order valence-corrected chi connectivity index (χ2v) is 7.71. The Bertz CT molecular complexity index is 867. The third-order valence-corrected chi connectivity index (χ3v) is 5.76. The van der Waals surface area contributed by atoms with Gasteiger partial charge in [-0.15, -0.1) is 11.3 Å². The molecule has 1 aliphatic heterocycles. The first-order valence-corrected chi connectivity index (χ1v) is 9.35. The number of aromatic nitrogens is 3. The summed E-state index contributed by atoms with van der Waals surface area (Å²) in [5.74, 6) is 0.765. The van der Waals surface area contributed by atoms with Crippen molar-refractivity contribution in [2.24, 2.45) is 0 Å². The van der Waals surface area contributed by atoms with E-state index >= 15 is 0 Å². The van der Waals surface area contributed by atoms with Gasteiger partial charge in [-0.05, 0) is 31.5 Å². The van der Waals surface area contributed by atoms with Gasteiger partial charge < -0.3 is 10.6 Å². The first-order valence-electron chi connectivity index (χ1n) is 8.54. The molecule has 130 valence electrons. The highest BCUT2D eigenvalue weighted by Crippen LogP contribution is 2.28. The Hall–Kier alpha value is -2.25. The summed E-state index contributed by atoms with van der Waals surface area (Å²) in [6.45, 7) is 8.16. The Labute approximate surface area is 151 Å². The standard InChI is InChI=1S/C18H22N6S/c1-12(14-3-4-17-16(9-14)22-13(2)25-17)23-5-7-24(8-6-23)18-20-10-15(19)11-21-18/h3-4,9-12H,5-8,19H2,1-2H3. The van der Waals surface area contributed by atoms with Gasteiger partial charge in [-0.3, -0.25) is 4.90 Å². The van der Waals surface area contributed by atoms with Gasteiger partial charge in [0.15, 0.2) is 0 Å². The molecule has 1 aromatic carbocycles. The second-order valence-electron chi connectivity index (χ2n) is 6.48. The smallest absolute Gasteiger partial charge is 0.225 e. The molecule has 0 amide bonds. The predicted octanol–water partition coefficient (Wildman–Crippen LogP) is 2.86. The van der Waals surface area contributed by atoms with Crippen LogP contribution in [0.25, 0.3) is 10.2 Å². The van der Waals surface area contributed by atoms with Crippen LogP contribution in [0, 0.1) is 6.92 Å². The topological polar surface area (TPSA) is 71.2 Å². The van der Waals surface area contributed by atoms with Gasteiger partial charge in [0.05, 0.1) is 33.3 Å². The van der Waals surface area contributed by atoms with Crippen LogP contribution in [0.5, 0.6) is 0 Å². The molecule has 0 aliphatic carbocycles. The van der Waals surface area contributed by atoms with Gasteiger partial charge in [0.25, 0.3) is 0 Å². The molecule has 3 heterocycles. The van der Waals surface area contributed by atoms with Crippen LogP contribution in [0.4, 0.5) is 11.6 Å². The zero-order chi connectivity index (χ0) is 17.4. The largest absolute Gasteiger partial charge is 0.396 e. The fourth-order valence-electron chi connectivity index (χ4n) is 3.33. The van der Waals surface area contributed by atoms with E-state index in [1.165, 1.54) is 10.3 Å². The van der Waals surface area contributed by atoms with Crippen molar-refractivity contribution in [3.05, 3.63) is 41.2 Å². The van der Waals surface area contributed by atoms with Crippen LogP contribution < -0.4 is 10.6 Å². The van der Waals surface area contributed by atoms with Gasteiger partial charge in [0.2, 0.25) is 5.95 Å². The number of thiazole rings is 1. The van der Waals surface area contributed by atoms with Crippen molar-refractivity contribution in [1.29, 1.82) is 0 Å². The third kappa shape index (κ3) is 3.29. The van der Waals surface area contributed by atoms with Crippen LogP contribution in [-0.2, 0) is 0 Å². The van der Waals surface area contributed by atoms with E-state index in [1.54, 1.807) is 23.7 Å². The molecule has 7 heteroatoms. The molecule has 0 radical (unpaired) electrons. The monoisotopic (exact) mass is 354 g/mol. The second kappa shape index (κ2) is 6.57. The maximum absolute atomic E-state index is 5.67. The van der Waals surface area contributed by atoms with Gasteiger partial charge in [-0.25, -0.2) is 15.0 Å². The number of fused-ring (bicyclic) bond motifs is 1. The summed E-state index contributed by atoms with van der Waals surface area (Å²) in [4.78, 5) is 18.0. The van der Waals surface area contributed by atoms with Crippen LogP contribution in [0.2, 0.25) is 0 Å². The summed E-state index contributed by atoms with van der Waals surface area (Å²) in [6, 6.07) is 7.05. The molecule has 0 bridgehead atoms. The molecular weight excluding hydrogens is 332 g/mol. The third-order valence-electron chi connectivity index (χ3n) is 4.80. The molecular formula is C18H22N6S. The van der Waals surface area contributed by atoms with Gasteiger partial charge >= 0.3 is 0 Å². The highest BCUT2D eigenvalue weighted by Gasteiger charge is 2.23. The Morgan fingerprint density at radius 1 is 1.12 bits per heavy atom. The summed E-state index contributed by atoms with van der Waals surface area (Å²) in [5, 5.41) is 1.12. The molecule has 6 nitrogen and oxygen atoms in total. The molecule has 1 aliphatic rings. The quantitative estimate of drug-likeness (QED) is 0.780. The van der Waals surface area contributed by atoms with Crippen LogP contribution in [-0.4, -0.2) is 46.0 Å². The fourth-order valence-corrected chi connectivity index (χ4v) is 4.14. The number of rotatable bonds is 3. The Balaban J connectivity index is 1.44. The minimum absolute atomic E-state index is 0.376. The highest BCUT2D eigenvalue weighted by molar-refractivity contribution is 7.18. The fraction of sp³-hybridized carbons (Fsp3) is 0.389. The Morgan fingerprint density at radius 2 is 1.84 bits per heavy atom. The Morgan fingerprint density at radius 3 is 2.56 bits per heavy atom. The summed E-state index contributed by atoms with van der Waals surface area (Å²) in [7, 11) is 0. The molecule has 3 aromatic rings. The maximum Gasteiger partial charge on any atom is 0.225 e. The number of nitrogen functional groups attached to an aromatic ring is 1. The maximum atomic E-state index is 5.67. The van der Waals surface area contributed by atoms with Crippen LogP contribution in [0.3, 0.4) is 0 Å². The van der Waals surface area contributed by atoms with Crippen molar-refractivity contribution in [3.8, 4) is 0 Å². The van der Waals surface area contributed by atoms with Crippen LogP contribution in [0.1, 0.15) is 23.5 Å². The van der Waals surface area contributed by atoms with Crippen molar-refractivity contribution < 1.29 is 0 Å². The summed E-state index contributed by atoms with van der Waals surface area (Å²) < 4.78 is 1.26. The summed E-state index contributed by atoms with van der Waals surface area (Å²) in [5.41, 5.74) is 8.71. The normalized spacial score (nSPS) is 17.1. The van der Waals surface area contributed by atoms with Crippen LogP contribution >= 0.6 is 11.3 Å². The van der Waals surface area contributed by atoms with E-state index in [2.05, 4.69) is 56.8 Å². The number of anilines is 2. The van der Waals surface area contributed by atoms with E-state index in [9.17, 15) is 0 Å². The van der Waals surface area contributed by atoms with E-state index < -0.39 is 0 Å². The van der Waals surface area contributed by atoms with Crippen molar-refractivity contribution in [1.82, 2.24) is 19.9 Å². The predicted molar refractivity (Wildman–Crippen MR) is 103 cm³/mol. The summed E-state index contributed by atoms with van der Waals surface area (Å²) in [6.07, 6.45) is 3.34. The molecule has 2 aromatic heterocycles. The molecule has 2 N–H and O–H groups in total. The minimum atomic E-state index is 0.376. The summed E-state index contributed by atoms with van der Waals surface area (Å²) >= 11 is 1.75. The number of nitrogens with zero attached hydrogens (tertiary/aromatic N) is 5. The van der Waals surface area contributed by atoms with E-state index in [0.717, 1.165) is 42.7 Å². The zero-order valence-electron chi connectivity index (χ0n) is 14.5. The number of nitrogens with two attached hydrogens (primary N) is 1. The lowest BCUT2D eigenvalue weighted by molar-refractivity contribution is 0.198. The molecule has 0 spiro atoms. The van der Waals surface area contributed by atoms with Crippen molar-refractivity contribution >= 4 is 33.2 Å². The van der Waals surface area contributed by atoms with Crippen LogP contribution in [0.15, 0.2) is 30.6 Å². The highest BCUT2D eigenvalue weighted by atomic mass is 32.1. The number of benzene rings is 1. The Kier molecular flexibility index (Phi) is 4.27. The molecule has 4 rings (SSSR count). The van der Waals surface area contributed by atoms with E-state index in [4.69, 9.17) is 5.73 Å². The van der Waals surface area contributed by atoms with Gasteiger partial charge in [0, 0.05) is 32.2 Å². The number of hydrogen-bond acceptors (Lipinski definition) is 7. The minimum Gasteiger partial charge on any atom is -0.396 e. The molecule has 0 saturated carbocycles. The zero-order valence-corrected chi connectivity index (χ0v) is 15.3. The average Bonchev–Trinajstić information content (AvgIpc) is 3.01. The first kappa shape index (κ1) is 16.2.